The molecule has 1 aliphatic heterocycles. The number of nitrogens with zero attached hydrogens (tertiary/aromatic N) is 2. The van der Waals surface area contributed by atoms with Gasteiger partial charge >= 0.3 is 0 Å². The summed E-state index contributed by atoms with van der Waals surface area (Å²) in [6.45, 7) is 2.79. The van der Waals surface area contributed by atoms with Crippen LogP contribution in [-0.2, 0) is 11.3 Å². The zero-order chi connectivity index (χ0) is 19.3. The first-order valence-corrected chi connectivity index (χ1v) is 10.3. The van der Waals surface area contributed by atoms with E-state index in [9.17, 15) is 4.79 Å². The highest BCUT2D eigenvalue weighted by molar-refractivity contribution is 9.10. The Balaban J connectivity index is 1.26. The zero-order valence-electron chi connectivity index (χ0n) is 15.6. The van der Waals surface area contributed by atoms with Crippen molar-refractivity contribution >= 4 is 39.0 Å². The van der Waals surface area contributed by atoms with Crippen LogP contribution in [-0.4, -0.2) is 35.1 Å². The average Bonchev–Trinajstić information content (AvgIpc) is 3.13. The molecule has 1 fully saturated rings. The first kappa shape index (κ1) is 18.9. The lowest BCUT2D eigenvalue weighted by molar-refractivity contribution is -0.126. The molecule has 2 heterocycles. The molecule has 1 saturated heterocycles. The summed E-state index contributed by atoms with van der Waals surface area (Å²) >= 11 is 3.47. The van der Waals surface area contributed by atoms with E-state index < -0.39 is 0 Å². The molecule has 5 nitrogen and oxygen atoms in total. The van der Waals surface area contributed by atoms with Gasteiger partial charge in [-0.2, -0.15) is 5.10 Å². The molecular weight excluding hydrogens is 416 g/mol. The lowest BCUT2D eigenvalue weighted by atomic mass is 9.96. The number of halogens is 1. The molecule has 0 unspecified atom stereocenters. The molecule has 4 rings (SSSR count). The Morgan fingerprint density at radius 1 is 1.18 bits per heavy atom. The fourth-order valence-electron chi connectivity index (χ4n) is 3.66. The number of amides is 1. The number of piperidine rings is 1. The van der Waals surface area contributed by atoms with Crippen LogP contribution in [0, 0.1) is 5.92 Å². The Labute approximate surface area is 172 Å². The maximum absolute atomic E-state index is 12.4. The molecule has 0 radical (unpaired) electrons. The van der Waals surface area contributed by atoms with Gasteiger partial charge in [-0.25, -0.2) is 5.43 Å². The molecule has 144 valence electrons. The zero-order valence-corrected chi connectivity index (χ0v) is 17.2. The third kappa shape index (κ3) is 4.51. The number of H-pyrrole nitrogens is 1. The summed E-state index contributed by atoms with van der Waals surface area (Å²) in [6, 6.07) is 16.5. The van der Waals surface area contributed by atoms with E-state index in [-0.39, 0.29) is 11.8 Å². The Morgan fingerprint density at radius 2 is 1.93 bits per heavy atom. The van der Waals surface area contributed by atoms with Gasteiger partial charge in [0.25, 0.3) is 0 Å². The second-order valence-corrected chi connectivity index (χ2v) is 8.12. The lowest BCUT2D eigenvalue weighted by Gasteiger charge is -2.30. The van der Waals surface area contributed by atoms with Crippen LogP contribution >= 0.6 is 15.9 Å². The Hall–Kier alpha value is -2.44. The second kappa shape index (κ2) is 8.71. The van der Waals surface area contributed by atoms with Crippen LogP contribution in [0.15, 0.2) is 64.3 Å². The minimum absolute atomic E-state index is 0.0133. The van der Waals surface area contributed by atoms with Crippen molar-refractivity contribution < 1.29 is 4.79 Å². The highest BCUT2D eigenvalue weighted by Crippen LogP contribution is 2.20. The van der Waals surface area contributed by atoms with Crippen LogP contribution in [0.2, 0.25) is 0 Å². The summed E-state index contributed by atoms with van der Waals surface area (Å²) in [6.07, 6.45) is 5.34. The fraction of sp³-hybridized carbons (Fsp3) is 0.273. The fourth-order valence-corrected chi connectivity index (χ4v) is 3.92. The number of hydrogen-bond donors (Lipinski definition) is 2. The van der Waals surface area contributed by atoms with Crippen LogP contribution in [0.1, 0.15) is 24.0 Å². The van der Waals surface area contributed by atoms with E-state index in [4.69, 9.17) is 0 Å². The number of hydrogen-bond acceptors (Lipinski definition) is 3. The third-order valence-electron chi connectivity index (χ3n) is 5.28. The van der Waals surface area contributed by atoms with Gasteiger partial charge < -0.3 is 4.98 Å². The molecule has 0 aliphatic carbocycles. The summed E-state index contributed by atoms with van der Waals surface area (Å²) < 4.78 is 1.10. The lowest BCUT2D eigenvalue weighted by Crippen LogP contribution is -2.39. The van der Waals surface area contributed by atoms with E-state index in [0.717, 1.165) is 53.4 Å². The number of carbonyl (C=O) groups excluding carboxylic acids is 1. The van der Waals surface area contributed by atoms with Crippen molar-refractivity contribution in [1.29, 1.82) is 0 Å². The Bertz CT molecular complexity index is 972. The van der Waals surface area contributed by atoms with Gasteiger partial charge in [0.05, 0.1) is 6.21 Å². The van der Waals surface area contributed by atoms with Crippen LogP contribution in [0.3, 0.4) is 0 Å². The van der Waals surface area contributed by atoms with Gasteiger partial charge in [0.15, 0.2) is 0 Å². The summed E-state index contributed by atoms with van der Waals surface area (Å²) in [5.74, 6) is 0.0423. The summed E-state index contributed by atoms with van der Waals surface area (Å²) in [4.78, 5) is 18.0. The first-order chi connectivity index (χ1) is 13.7. The van der Waals surface area contributed by atoms with Gasteiger partial charge in [0, 0.05) is 39.6 Å². The van der Waals surface area contributed by atoms with Crippen LogP contribution in [0.5, 0.6) is 0 Å². The van der Waals surface area contributed by atoms with Crippen LogP contribution in [0.4, 0.5) is 0 Å². The molecule has 6 heteroatoms. The Kier molecular flexibility index (Phi) is 5.88. The summed E-state index contributed by atoms with van der Waals surface area (Å²) in [5.41, 5.74) is 6.06. The normalized spacial score (nSPS) is 16.0. The average molecular weight is 439 g/mol. The standard InChI is InChI=1S/C22H23BrN4O/c23-19-7-5-16(6-8-19)15-27-11-9-17(10-12-27)22(28)26-25-14-18-13-24-21-4-2-1-3-20(18)21/h1-8,13-14,17,24H,9-12,15H2,(H,26,28)/b25-14-. The van der Waals surface area contributed by atoms with Gasteiger partial charge in [0.1, 0.15) is 0 Å². The van der Waals surface area contributed by atoms with Crippen LogP contribution in [0.25, 0.3) is 10.9 Å². The molecule has 1 aliphatic rings. The predicted molar refractivity (Wildman–Crippen MR) is 116 cm³/mol. The van der Waals surface area contributed by atoms with Gasteiger partial charge in [-0.15, -0.1) is 0 Å². The van der Waals surface area contributed by atoms with E-state index in [0.29, 0.717) is 0 Å². The minimum Gasteiger partial charge on any atom is -0.361 e. The van der Waals surface area contributed by atoms with Gasteiger partial charge in [-0.3, -0.25) is 9.69 Å². The second-order valence-electron chi connectivity index (χ2n) is 7.20. The van der Waals surface area contributed by atoms with E-state index in [1.807, 2.05) is 30.5 Å². The molecule has 3 aromatic rings. The van der Waals surface area contributed by atoms with Gasteiger partial charge in [-0.05, 0) is 49.7 Å². The SMILES string of the molecule is O=C(N/N=C\c1c[nH]c2ccccc12)C1CCN(Cc2ccc(Br)cc2)CC1. The van der Waals surface area contributed by atoms with Crippen LogP contribution < -0.4 is 5.43 Å². The maximum Gasteiger partial charge on any atom is 0.243 e. The minimum atomic E-state index is 0.0133. The molecule has 2 aromatic carbocycles. The molecule has 0 atom stereocenters. The number of aromatic amines is 1. The predicted octanol–water partition coefficient (Wildman–Crippen LogP) is 4.29. The van der Waals surface area contributed by atoms with Crippen molar-refractivity contribution in [2.45, 2.75) is 19.4 Å². The van der Waals surface area contributed by atoms with E-state index in [2.05, 4.69) is 60.6 Å². The molecule has 0 saturated carbocycles. The van der Waals surface area contributed by atoms with Gasteiger partial charge in [-0.1, -0.05) is 46.3 Å². The van der Waals surface area contributed by atoms with Gasteiger partial charge in [0.2, 0.25) is 5.91 Å². The number of carbonyl (C=O) groups is 1. The quantitative estimate of drug-likeness (QED) is 0.460. The molecule has 0 spiro atoms. The molecular formula is C22H23BrN4O. The van der Waals surface area contributed by atoms with Crippen molar-refractivity contribution in [2.24, 2.45) is 11.0 Å². The third-order valence-corrected chi connectivity index (χ3v) is 5.81. The molecule has 1 amide bonds. The number of rotatable bonds is 5. The van der Waals surface area contributed by atoms with Crippen molar-refractivity contribution in [2.75, 3.05) is 13.1 Å². The number of likely N-dealkylation sites (tertiary alicyclic amines) is 1. The van der Waals surface area contributed by atoms with E-state index in [1.54, 1.807) is 6.21 Å². The smallest absolute Gasteiger partial charge is 0.243 e. The number of hydrazone groups is 1. The monoisotopic (exact) mass is 438 g/mol. The largest absolute Gasteiger partial charge is 0.361 e. The first-order valence-electron chi connectivity index (χ1n) is 9.55. The number of para-hydroxylation sites is 1. The van der Waals surface area contributed by atoms with Crippen molar-refractivity contribution in [3.63, 3.8) is 0 Å². The van der Waals surface area contributed by atoms with E-state index in [1.165, 1.54) is 5.56 Å². The topological polar surface area (TPSA) is 60.5 Å². The number of aromatic nitrogens is 1. The number of benzene rings is 2. The number of nitrogens with one attached hydrogen (secondary N) is 2. The molecule has 28 heavy (non-hydrogen) atoms. The molecule has 1 aromatic heterocycles. The highest BCUT2D eigenvalue weighted by Gasteiger charge is 2.24. The van der Waals surface area contributed by atoms with Crippen molar-refractivity contribution in [3.05, 3.63) is 70.3 Å². The summed E-state index contributed by atoms with van der Waals surface area (Å²) in [7, 11) is 0. The van der Waals surface area contributed by atoms with Crippen molar-refractivity contribution in [3.8, 4) is 0 Å². The maximum atomic E-state index is 12.4. The number of fused-ring (bicyclic) bond motifs is 1. The Morgan fingerprint density at radius 3 is 2.71 bits per heavy atom. The van der Waals surface area contributed by atoms with Crippen molar-refractivity contribution in [1.82, 2.24) is 15.3 Å². The summed E-state index contributed by atoms with van der Waals surface area (Å²) in [5, 5.41) is 5.27. The molecule has 0 bridgehead atoms. The van der Waals surface area contributed by atoms with E-state index >= 15 is 0 Å². The molecule has 2 N–H and O–H groups in total. The highest BCUT2D eigenvalue weighted by atomic mass is 79.9.